The molecule has 4 saturated carbocycles. The van der Waals surface area contributed by atoms with Crippen LogP contribution in [-0.2, 0) is 16.1 Å². The first kappa shape index (κ1) is 25.8. The van der Waals surface area contributed by atoms with Crippen molar-refractivity contribution in [3.63, 3.8) is 0 Å². The van der Waals surface area contributed by atoms with Crippen molar-refractivity contribution in [3.8, 4) is 22.4 Å². The van der Waals surface area contributed by atoms with Crippen LogP contribution in [0.5, 0.6) is 0 Å². The number of hydrogen-bond acceptors (Lipinski definition) is 4. The van der Waals surface area contributed by atoms with E-state index in [1.54, 1.807) is 0 Å². The lowest BCUT2D eigenvalue weighted by molar-refractivity contribution is -0.142. The van der Waals surface area contributed by atoms with Gasteiger partial charge in [-0.2, -0.15) is 0 Å². The van der Waals surface area contributed by atoms with Gasteiger partial charge in [-0.3, -0.25) is 4.79 Å². The molecule has 204 valence electrons. The molecule has 0 radical (unpaired) electrons. The van der Waals surface area contributed by atoms with Crippen LogP contribution in [0.25, 0.3) is 22.4 Å². The van der Waals surface area contributed by atoms with Gasteiger partial charge in [-0.25, -0.2) is 0 Å². The van der Waals surface area contributed by atoms with Gasteiger partial charge >= 0.3 is 0 Å². The molecule has 1 N–H and O–H groups in total. The summed E-state index contributed by atoms with van der Waals surface area (Å²) in [5, 5.41) is 8.63. The Morgan fingerprint density at radius 2 is 1.55 bits per heavy atom. The van der Waals surface area contributed by atoms with Crippen LogP contribution in [0.15, 0.2) is 77.3 Å². The van der Waals surface area contributed by atoms with E-state index < -0.39 is 0 Å². The van der Waals surface area contributed by atoms with Crippen molar-refractivity contribution in [2.75, 3.05) is 5.32 Å². The summed E-state index contributed by atoms with van der Waals surface area (Å²) >= 11 is 13.0. The molecule has 3 aromatic carbocycles. The first-order valence-electron chi connectivity index (χ1n) is 14.1. The van der Waals surface area contributed by atoms with Crippen molar-refractivity contribution in [1.82, 2.24) is 5.16 Å². The maximum absolute atomic E-state index is 13.2. The Bertz CT molecular complexity index is 1500. The smallest absolute Gasteiger partial charge is 0.228 e. The maximum atomic E-state index is 13.2. The van der Waals surface area contributed by atoms with E-state index >= 15 is 0 Å². The highest BCUT2D eigenvalue weighted by atomic mass is 35.5. The van der Waals surface area contributed by atoms with Gasteiger partial charge in [-0.15, -0.1) is 0 Å². The average molecular weight is 574 g/mol. The van der Waals surface area contributed by atoms with Crippen LogP contribution in [0.1, 0.15) is 49.3 Å². The molecule has 1 heterocycles. The Morgan fingerprint density at radius 3 is 2.23 bits per heavy atom. The molecule has 4 aliphatic rings. The second-order valence-electron chi connectivity index (χ2n) is 11.4. The van der Waals surface area contributed by atoms with Crippen LogP contribution in [0.2, 0.25) is 10.0 Å². The molecule has 0 aliphatic heterocycles. The number of anilines is 1. The van der Waals surface area contributed by atoms with Gasteiger partial charge < -0.3 is 14.6 Å². The zero-order chi connectivity index (χ0) is 27.2. The van der Waals surface area contributed by atoms with Crippen molar-refractivity contribution >= 4 is 34.8 Å². The first-order valence-corrected chi connectivity index (χ1v) is 14.8. The number of carbonyl (C=O) groups excluding carboxylic acids is 1. The predicted octanol–water partition coefficient (Wildman–Crippen LogP) is 8.76. The van der Waals surface area contributed by atoms with Crippen LogP contribution in [0, 0.1) is 17.8 Å². The van der Waals surface area contributed by atoms with Crippen molar-refractivity contribution in [3.05, 3.63) is 94.2 Å². The third kappa shape index (κ3) is 4.96. The number of carbonyl (C=O) groups is 1. The normalized spacial score (nSPS) is 23.4. The molecule has 2 unspecified atom stereocenters. The van der Waals surface area contributed by atoms with E-state index in [9.17, 15) is 4.79 Å². The van der Waals surface area contributed by atoms with E-state index in [-0.39, 0.29) is 17.9 Å². The average Bonchev–Trinajstić information content (AvgIpc) is 3.72. The summed E-state index contributed by atoms with van der Waals surface area (Å²) in [4.78, 5) is 13.2. The molecule has 2 bridgehead atoms. The number of rotatable bonds is 8. The third-order valence-electron chi connectivity index (χ3n) is 8.74. The molecule has 7 heteroatoms. The summed E-state index contributed by atoms with van der Waals surface area (Å²) in [5.74, 6) is 2.13. The monoisotopic (exact) mass is 572 g/mol. The van der Waals surface area contributed by atoms with Gasteiger partial charge in [-0.1, -0.05) is 76.9 Å². The van der Waals surface area contributed by atoms with Crippen molar-refractivity contribution in [2.24, 2.45) is 17.8 Å². The SMILES string of the molecule is O=C(Nc1ccc(-c2ccccc2)cc1)C1C2CC(OCc3c(-c4c(Cl)cccc4Cl)noc3C3CC3)CC1C2. The quantitative estimate of drug-likeness (QED) is 0.229. The Kier molecular flexibility index (Phi) is 6.91. The number of amides is 1. The lowest BCUT2D eigenvalue weighted by Gasteiger charge is -2.51. The Balaban J connectivity index is 0.988. The standard InChI is InChI=1S/C33H30Cl2N2O3/c34-27-7-4-8-28(35)30(27)31-26(32(40-37-31)21-9-10-21)18-39-25-16-22-15-23(17-25)29(22)33(38)36-24-13-11-20(12-14-24)19-5-2-1-3-6-19/h1-8,11-14,21-23,25,29H,9-10,15-18H2,(H,36,38). The van der Waals surface area contributed by atoms with Crippen LogP contribution < -0.4 is 5.32 Å². The molecule has 5 nitrogen and oxygen atoms in total. The number of fused-ring (bicyclic) bond motifs is 2. The molecule has 8 rings (SSSR count). The van der Waals surface area contributed by atoms with Crippen molar-refractivity contribution in [2.45, 2.75) is 50.7 Å². The fraction of sp³-hybridized carbons (Fsp3) is 0.333. The number of nitrogens with one attached hydrogen (secondary N) is 1. The van der Waals surface area contributed by atoms with E-state index in [1.807, 2.05) is 48.5 Å². The molecule has 2 atom stereocenters. The predicted molar refractivity (Wildman–Crippen MR) is 157 cm³/mol. The van der Waals surface area contributed by atoms with E-state index in [1.165, 1.54) is 0 Å². The van der Waals surface area contributed by atoms with Crippen LogP contribution in [0.3, 0.4) is 0 Å². The number of aromatic nitrogens is 1. The maximum Gasteiger partial charge on any atom is 0.228 e. The van der Waals surface area contributed by atoms with Crippen molar-refractivity contribution in [1.29, 1.82) is 0 Å². The molecule has 4 aliphatic carbocycles. The topological polar surface area (TPSA) is 64.4 Å². The fourth-order valence-corrected chi connectivity index (χ4v) is 7.12. The fourth-order valence-electron chi connectivity index (χ4n) is 6.54. The molecular weight excluding hydrogens is 543 g/mol. The second-order valence-corrected chi connectivity index (χ2v) is 12.2. The third-order valence-corrected chi connectivity index (χ3v) is 9.37. The van der Waals surface area contributed by atoms with E-state index in [0.29, 0.717) is 45.7 Å². The minimum atomic E-state index is 0.0451. The van der Waals surface area contributed by atoms with Gasteiger partial charge in [0.15, 0.2) is 0 Å². The molecule has 1 aromatic heterocycles. The molecule has 0 saturated heterocycles. The van der Waals surface area contributed by atoms with Gasteiger partial charge in [0.25, 0.3) is 0 Å². The number of benzene rings is 3. The number of halogens is 2. The van der Waals surface area contributed by atoms with Crippen molar-refractivity contribution < 1.29 is 14.1 Å². The number of nitrogens with zero attached hydrogens (tertiary/aromatic N) is 1. The Morgan fingerprint density at radius 1 is 0.875 bits per heavy atom. The first-order chi connectivity index (χ1) is 19.5. The number of hydrogen-bond donors (Lipinski definition) is 1. The highest BCUT2D eigenvalue weighted by Gasteiger charge is 2.51. The molecule has 1 amide bonds. The van der Waals surface area contributed by atoms with Crippen LogP contribution in [0.4, 0.5) is 5.69 Å². The van der Waals surface area contributed by atoms with Gasteiger partial charge in [0.1, 0.15) is 11.5 Å². The zero-order valence-corrected chi connectivity index (χ0v) is 23.5. The zero-order valence-electron chi connectivity index (χ0n) is 22.0. The summed E-state index contributed by atoms with van der Waals surface area (Å²) in [6.45, 7) is 0.404. The molecular formula is C33H30Cl2N2O3. The molecule has 4 aromatic rings. The number of ether oxygens (including phenoxy) is 1. The molecule has 40 heavy (non-hydrogen) atoms. The summed E-state index contributed by atoms with van der Waals surface area (Å²) in [5.41, 5.74) is 5.46. The highest BCUT2D eigenvalue weighted by molar-refractivity contribution is 6.39. The molecule has 0 spiro atoms. The van der Waals surface area contributed by atoms with Gasteiger partial charge in [0.05, 0.1) is 22.8 Å². The van der Waals surface area contributed by atoms with E-state index in [2.05, 4.69) is 34.7 Å². The molecule has 4 fully saturated rings. The minimum Gasteiger partial charge on any atom is -0.373 e. The second kappa shape index (κ2) is 10.7. The lowest BCUT2D eigenvalue weighted by atomic mass is 9.56. The Labute approximate surface area is 243 Å². The largest absolute Gasteiger partial charge is 0.373 e. The summed E-state index contributed by atoms with van der Waals surface area (Å²) in [7, 11) is 0. The summed E-state index contributed by atoms with van der Waals surface area (Å²) < 4.78 is 12.3. The van der Waals surface area contributed by atoms with E-state index in [0.717, 1.165) is 60.2 Å². The van der Waals surface area contributed by atoms with Gasteiger partial charge in [0, 0.05) is 28.7 Å². The lowest BCUT2D eigenvalue weighted by Crippen LogP contribution is -2.51. The summed E-state index contributed by atoms with van der Waals surface area (Å²) in [6, 6.07) is 23.8. The van der Waals surface area contributed by atoms with E-state index in [4.69, 9.17) is 32.5 Å². The van der Waals surface area contributed by atoms with Gasteiger partial charge in [0.2, 0.25) is 5.91 Å². The Hall–Kier alpha value is -3.12. The van der Waals surface area contributed by atoms with Crippen LogP contribution in [-0.4, -0.2) is 17.2 Å². The van der Waals surface area contributed by atoms with Gasteiger partial charge in [-0.05, 0) is 79.3 Å². The van der Waals surface area contributed by atoms with Crippen LogP contribution >= 0.6 is 23.2 Å². The minimum absolute atomic E-state index is 0.0451. The summed E-state index contributed by atoms with van der Waals surface area (Å²) in [6.07, 6.45) is 5.15. The highest BCUT2D eigenvalue weighted by Crippen LogP contribution is 2.52.